The largest absolute Gasteiger partial charge is 0.491 e. The van der Waals surface area contributed by atoms with Crippen LogP contribution in [0, 0.1) is 0 Å². The maximum absolute atomic E-state index is 12.2. The number of sulfonamides is 1. The number of hydrogen-bond acceptors (Lipinski definition) is 5. The predicted octanol–water partition coefficient (Wildman–Crippen LogP) is 1.24. The van der Waals surface area contributed by atoms with Crippen molar-refractivity contribution >= 4 is 16.0 Å². The molecule has 0 aliphatic carbocycles. The minimum atomic E-state index is -3.88. The number of nitrogens with one attached hydrogen (secondary N) is 1. The number of aliphatic carboxylic acids is 1. The SMILES string of the molecule is CCCC(NS(=O)(=O)c1ccc(OCCOC)cc1)C(=O)O. The quantitative estimate of drug-likeness (QED) is 0.626. The topological polar surface area (TPSA) is 102 Å². The molecular weight excluding hydrogens is 310 g/mol. The zero-order valence-electron chi connectivity index (χ0n) is 12.6. The van der Waals surface area contributed by atoms with Gasteiger partial charge in [0.05, 0.1) is 11.5 Å². The molecule has 124 valence electrons. The van der Waals surface area contributed by atoms with Crippen LogP contribution in [0.2, 0.25) is 0 Å². The fourth-order valence-corrected chi connectivity index (χ4v) is 2.96. The van der Waals surface area contributed by atoms with Gasteiger partial charge in [0.15, 0.2) is 0 Å². The first kappa shape index (κ1) is 18.4. The number of rotatable bonds is 10. The van der Waals surface area contributed by atoms with E-state index in [1.165, 1.54) is 24.3 Å². The zero-order valence-corrected chi connectivity index (χ0v) is 13.4. The molecule has 0 saturated heterocycles. The Hall–Kier alpha value is -1.64. The first-order chi connectivity index (χ1) is 10.4. The standard InChI is InChI=1S/C14H21NO6S/c1-3-4-13(14(16)17)15-22(18,19)12-7-5-11(6-8-12)21-10-9-20-2/h5-8,13,15H,3-4,9-10H2,1-2H3,(H,16,17). The lowest BCUT2D eigenvalue weighted by atomic mass is 10.2. The highest BCUT2D eigenvalue weighted by Crippen LogP contribution is 2.16. The van der Waals surface area contributed by atoms with Crippen LogP contribution in [-0.2, 0) is 19.6 Å². The van der Waals surface area contributed by atoms with Crippen LogP contribution in [0.25, 0.3) is 0 Å². The molecule has 7 nitrogen and oxygen atoms in total. The summed E-state index contributed by atoms with van der Waals surface area (Å²) in [6, 6.07) is 4.64. The van der Waals surface area contributed by atoms with Crippen molar-refractivity contribution in [1.29, 1.82) is 0 Å². The van der Waals surface area contributed by atoms with Gasteiger partial charge in [-0.05, 0) is 30.7 Å². The second-order valence-electron chi connectivity index (χ2n) is 4.61. The van der Waals surface area contributed by atoms with Crippen molar-refractivity contribution in [2.45, 2.75) is 30.7 Å². The van der Waals surface area contributed by atoms with Gasteiger partial charge in [-0.25, -0.2) is 8.42 Å². The van der Waals surface area contributed by atoms with E-state index in [4.69, 9.17) is 14.6 Å². The summed E-state index contributed by atoms with van der Waals surface area (Å²) < 4.78 is 36.7. The molecule has 22 heavy (non-hydrogen) atoms. The van der Waals surface area contributed by atoms with E-state index in [1.54, 1.807) is 14.0 Å². The van der Waals surface area contributed by atoms with Crippen LogP contribution in [0.5, 0.6) is 5.75 Å². The number of carboxylic acids is 1. The van der Waals surface area contributed by atoms with Crippen LogP contribution in [0.4, 0.5) is 0 Å². The van der Waals surface area contributed by atoms with Crippen LogP contribution >= 0.6 is 0 Å². The molecule has 1 aromatic carbocycles. The van der Waals surface area contributed by atoms with Gasteiger partial charge in [0.1, 0.15) is 18.4 Å². The Morgan fingerprint density at radius 1 is 1.27 bits per heavy atom. The van der Waals surface area contributed by atoms with Crippen molar-refractivity contribution in [2.24, 2.45) is 0 Å². The maximum Gasteiger partial charge on any atom is 0.321 e. The van der Waals surface area contributed by atoms with Gasteiger partial charge in [-0.1, -0.05) is 13.3 Å². The van der Waals surface area contributed by atoms with Crippen LogP contribution < -0.4 is 9.46 Å². The lowest BCUT2D eigenvalue weighted by Crippen LogP contribution is -2.40. The van der Waals surface area contributed by atoms with Gasteiger partial charge in [0, 0.05) is 7.11 Å². The highest BCUT2D eigenvalue weighted by Gasteiger charge is 2.24. The summed E-state index contributed by atoms with van der Waals surface area (Å²) >= 11 is 0. The highest BCUT2D eigenvalue weighted by atomic mass is 32.2. The summed E-state index contributed by atoms with van der Waals surface area (Å²) in [5.41, 5.74) is 0. The third kappa shape index (κ3) is 5.63. The summed E-state index contributed by atoms with van der Waals surface area (Å²) in [5.74, 6) is -0.677. The van der Waals surface area contributed by atoms with E-state index in [0.29, 0.717) is 25.4 Å². The van der Waals surface area contributed by atoms with E-state index >= 15 is 0 Å². The molecule has 1 rings (SSSR count). The maximum atomic E-state index is 12.2. The molecular formula is C14H21NO6S. The third-order valence-corrected chi connectivity index (χ3v) is 4.35. The Balaban J connectivity index is 2.78. The molecule has 0 heterocycles. The molecule has 8 heteroatoms. The van der Waals surface area contributed by atoms with Gasteiger partial charge in [-0.15, -0.1) is 0 Å². The average molecular weight is 331 g/mol. The zero-order chi connectivity index (χ0) is 16.6. The van der Waals surface area contributed by atoms with Gasteiger partial charge < -0.3 is 14.6 Å². The second-order valence-corrected chi connectivity index (χ2v) is 6.33. The summed E-state index contributed by atoms with van der Waals surface area (Å²) in [6.45, 7) is 2.58. The summed E-state index contributed by atoms with van der Waals surface area (Å²) in [4.78, 5) is 11.0. The second kappa shape index (κ2) is 8.72. The van der Waals surface area contributed by atoms with Gasteiger partial charge in [-0.2, -0.15) is 4.72 Å². The fraction of sp³-hybridized carbons (Fsp3) is 0.500. The Morgan fingerprint density at radius 2 is 1.91 bits per heavy atom. The molecule has 0 fully saturated rings. The first-order valence-electron chi connectivity index (χ1n) is 6.87. The van der Waals surface area contributed by atoms with Crippen molar-refractivity contribution in [1.82, 2.24) is 4.72 Å². The number of hydrogen-bond donors (Lipinski definition) is 2. The van der Waals surface area contributed by atoms with E-state index in [2.05, 4.69) is 4.72 Å². The van der Waals surface area contributed by atoms with E-state index in [0.717, 1.165) is 0 Å². The molecule has 0 bridgehead atoms. The van der Waals surface area contributed by atoms with Crippen molar-refractivity contribution in [3.8, 4) is 5.75 Å². The van der Waals surface area contributed by atoms with Crippen molar-refractivity contribution in [3.05, 3.63) is 24.3 Å². The van der Waals surface area contributed by atoms with Crippen LogP contribution in [0.3, 0.4) is 0 Å². The molecule has 1 aromatic rings. The van der Waals surface area contributed by atoms with Gasteiger partial charge >= 0.3 is 5.97 Å². The monoisotopic (exact) mass is 331 g/mol. The molecule has 2 N–H and O–H groups in total. The Morgan fingerprint density at radius 3 is 2.41 bits per heavy atom. The molecule has 0 aromatic heterocycles. The lowest BCUT2D eigenvalue weighted by molar-refractivity contribution is -0.139. The summed E-state index contributed by atoms with van der Waals surface area (Å²) in [5, 5.41) is 9.02. The van der Waals surface area contributed by atoms with Gasteiger partial charge in [0.2, 0.25) is 10.0 Å². The minimum absolute atomic E-state index is 0.00561. The fourth-order valence-electron chi connectivity index (χ4n) is 1.73. The number of ether oxygens (including phenoxy) is 2. The molecule has 0 spiro atoms. The number of carbonyl (C=O) groups is 1. The van der Waals surface area contributed by atoms with Gasteiger partial charge in [0.25, 0.3) is 0 Å². The van der Waals surface area contributed by atoms with Gasteiger partial charge in [-0.3, -0.25) is 4.79 Å². The van der Waals surface area contributed by atoms with Crippen LogP contribution in [0.15, 0.2) is 29.2 Å². The third-order valence-electron chi connectivity index (χ3n) is 2.86. The molecule has 0 saturated carbocycles. The van der Waals surface area contributed by atoms with E-state index in [-0.39, 0.29) is 11.3 Å². The smallest absolute Gasteiger partial charge is 0.321 e. The van der Waals surface area contributed by atoms with Crippen molar-refractivity contribution in [2.75, 3.05) is 20.3 Å². The molecule has 1 unspecified atom stereocenters. The normalized spacial score (nSPS) is 12.8. The molecule has 0 radical (unpaired) electrons. The summed E-state index contributed by atoms with van der Waals surface area (Å²) in [6.07, 6.45) is 0.790. The minimum Gasteiger partial charge on any atom is -0.491 e. The average Bonchev–Trinajstić information content (AvgIpc) is 2.47. The van der Waals surface area contributed by atoms with Crippen LogP contribution in [-0.4, -0.2) is 45.9 Å². The molecule has 0 aliphatic rings. The van der Waals surface area contributed by atoms with Crippen molar-refractivity contribution < 1.29 is 27.8 Å². The van der Waals surface area contributed by atoms with E-state index < -0.39 is 22.0 Å². The van der Waals surface area contributed by atoms with E-state index in [9.17, 15) is 13.2 Å². The summed E-state index contributed by atoms with van der Waals surface area (Å²) in [7, 11) is -2.32. The first-order valence-corrected chi connectivity index (χ1v) is 8.36. The highest BCUT2D eigenvalue weighted by molar-refractivity contribution is 7.89. The Bertz CT molecular complexity index is 570. The lowest BCUT2D eigenvalue weighted by Gasteiger charge is -2.14. The molecule has 0 amide bonds. The Kier molecular flexibility index (Phi) is 7.30. The van der Waals surface area contributed by atoms with E-state index in [1.807, 2.05) is 0 Å². The predicted molar refractivity (Wildman–Crippen MR) is 80.5 cm³/mol. The van der Waals surface area contributed by atoms with Crippen molar-refractivity contribution in [3.63, 3.8) is 0 Å². The molecule has 1 atom stereocenters. The number of methoxy groups -OCH3 is 1. The Labute approximate surface area is 130 Å². The van der Waals surface area contributed by atoms with Crippen LogP contribution in [0.1, 0.15) is 19.8 Å². The number of carboxylic acid groups (broad SMARTS) is 1. The molecule has 0 aliphatic heterocycles. The number of benzene rings is 1.